The summed E-state index contributed by atoms with van der Waals surface area (Å²) in [5.74, 6) is -0.370. The minimum Gasteiger partial charge on any atom is -0.408 e. The first kappa shape index (κ1) is 38.3. The molecule has 3 fully saturated rings. The predicted molar refractivity (Wildman–Crippen MR) is 183 cm³/mol. The molecule has 0 aromatic carbocycles. The number of alkyl halides is 1. The topological polar surface area (TPSA) is 298 Å². The van der Waals surface area contributed by atoms with E-state index in [-0.39, 0.29) is 39.4 Å². The van der Waals surface area contributed by atoms with E-state index in [4.69, 9.17) is 55.1 Å². The molecule has 0 aliphatic carbocycles. The van der Waals surface area contributed by atoms with Gasteiger partial charge in [-0.3, -0.25) is 37.0 Å². The first-order valence-corrected chi connectivity index (χ1v) is 22.2. The number of nitrogens with two attached hydrogens (primary N) is 2. The Balaban J connectivity index is 1.27. The molecule has 0 spiro atoms. The number of H-pyrrole nitrogens is 1. The largest absolute Gasteiger partial charge is 0.472 e. The van der Waals surface area contributed by atoms with Crippen LogP contribution in [-0.2, 0) is 41.1 Å². The zero-order valence-electron chi connectivity index (χ0n) is 28.6. The minimum absolute atomic E-state index is 0.0396. The highest BCUT2D eigenvalue weighted by atomic mass is 35.5. The third-order valence-corrected chi connectivity index (χ3v) is 16.1. The summed E-state index contributed by atoms with van der Waals surface area (Å²) in [6, 6.07) is 0. The van der Waals surface area contributed by atoms with Gasteiger partial charge in [-0.05, 0) is 29.7 Å². The van der Waals surface area contributed by atoms with Crippen molar-refractivity contribution in [2.45, 2.75) is 88.1 Å². The fraction of sp³-hybridized carbons (Fsp3) is 0.615. The average molecular weight is 825 g/mol. The number of ether oxygens (including phenoxy) is 2. The average Bonchev–Trinajstić information content (AvgIpc) is 3.79. The van der Waals surface area contributed by atoms with Crippen LogP contribution < -0.4 is 17.0 Å². The molecule has 3 aliphatic heterocycles. The van der Waals surface area contributed by atoms with Crippen LogP contribution in [0.25, 0.3) is 22.3 Å². The molecular weight excluding hydrogens is 789 g/mol. The number of imidazole rings is 2. The lowest BCUT2D eigenvalue weighted by atomic mass is 10.1. The van der Waals surface area contributed by atoms with Crippen LogP contribution in [0.4, 0.5) is 16.2 Å². The Morgan fingerprint density at radius 2 is 1.51 bits per heavy atom. The van der Waals surface area contributed by atoms with Crippen LogP contribution >= 0.6 is 27.2 Å². The van der Waals surface area contributed by atoms with Crippen LogP contribution in [0, 0.1) is 0 Å². The number of phosphoric acid groups is 2. The summed E-state index contributed by atoms with van der Waals surface area (Å²) < 4.78 is 86.6. The van der Waals surface area contributed by atoms with Crippen LogP contribution in [-0.4, -0.2) is 107 Å². The van der Waals surface area contributed by atoms with E-state index >= 15 is 4.39 Å². The molecule has 4 aromatic rings. The van der Waals surface area contributed by atoms with Gasteiger partial charge in [0.15, 0.2) is 49.6 Å². The van der Waals surface area contributed by atoms with E-state index in [1.807, 2.05) is 33.9 Å². The highest BCUT2D eigenvalue weighted by Crippen LogP contribution is 2.55. The van der Waals surface area contributed by atoms with Crippen LogP contribution in [0.5, 0.6) is 0 Å². The van der Waals surface area contributed by atoms with Gasteiger partial charge in [-0.2, -0.15) is 15.0 Å². The Kier molecular flexibility index (Phi) is 9.66. The van der Waals surface area contributed by atoms with Gasteiger partial charge in [-0.1, -0.05) is 20.8 Å². The maximum atomic E-state index is 16.3. The quantitative estimate of drug-likeness (QED) is 0.112. The van der Waals surface area contributed by atoms with Gasteiger partial charge in [-0.25, -0.2) is 23.5 Å². The van der Waals surface area contributed by atoms with Crippen LogP contribution in [0.1, 0.15) is 33.2 Å². The van der Waals surface area contributed by atoms with Gasteiger partial charge in [-0.15, -0.1) is 0 Å². The molecular formula is C26H36ClFN10O12P2Si. The first-order valence-electron chi connectivity index (χ1n) is 16.0. The molecule has 53 heavy (non-hydrogen) atoms. The lowest BCUT2D eigenvalue weighted by molar-refractivity contribution is -0.0670. The molecule has 6 unspecified atom stereocenters. The van der Waals surface area contributed by atoms with Gasteiger partial charge in [0, 0.05) is 0 Å². The zero-order valence-corrected chi connectivity index (χ0v) is 32.1. The SMILES string of the molecule is CC(C)(C)[Si](C)(C)OC1C2OP(=O)(O)OC[C@H]3O[C@@H](n4cnc5c(N)nc(Cl)nc54)C(F)C3OP(=O)(O)OC[C@H]1O[C@H]2n1cnc2c(=O)[nH]c(N)nc21. The number of hydrogen-bond donors (Lipinski definition) is 5. The first-order chi connectivity index (χ1) is 24.6. The van der Waals surface area contributed by atoms with Gasteiger partial charge in [0.05, 0.1) is 25.9 Å². The van der Waals surface area contributed by atoms with Gasteiger partial charge >= 0.3 is 15.6 Å². The summed E-state index contributed by atoms with van der Waals surface area (Å²) in [7, 11) is -13.2. The normalized spacial score (nSPS) is 34.5. The smallest absolute Gasteiger partial charge is 0.408 e. The maximum absolute atomic E-state index is 16.3. The van der Waals surface area contributed by atoms with E-state index in [0.717, 1.165) is 10.9 Å². The van der Waals surface area contributed by atoms with Gasteiger partial charge in [0.1, 0.15) is 36.0 Å². The fourth-order valence-electron chi connectivity index (χ4n) is 5.95. The Morgan fingerprint density at radius 1 is 0.943 bits per heavy atom. The van der Waals surface area contributed by atoms with E-state index in [2.05, 4.69) is 29.9 Å². The van der Waals surface area contributed by atoms with E-state index in [1.54, 1.807) is 0 Å². The van der Waals surface area contributed by atoms with Crippen LogP contribution in [0.2, 0.25) is 23.4 Å². The lowest BCUT2D eigenvalue weighted by Crippen LogP contribution is -2.50. The summed E-state index contributed by atoms with van der Waals surface area (Å²) in [6.07, 6.45) is -10.6. The van der Waals surface area contributed by atoms with E-state index in [1.165, 1.54) is 10.9 Å². The maximum Gasteiger partial charge on any atom is 0.472 e. The molecule has 0 radical (unpaired) electrons. The lowest BCUT2D eigenvalue weighted by Gasteiger charge is -2.40. The highest BCUT2D eigenvalue weighted by molar-refractivity contribution is 7.47. The minimum atomic E-state index is -5.19. The van der Waals surface area contributed by atoms with Gasteiger partial charge < -0.3 is 35.2 Å². The molecule has 27 heteroatoms. The molecule has 4 aromatic heterocycles. The van der Waals surface area contributed by atoms with Crippen LogP contribution in [0.3, 0.4) is 0 Å². The summed E-state index contributed by atoms with van der Waals surface area (Å²) in [5.41, 5.74) is 10.8. The second-order valence-corrected chi connectivity index (χ2v) is 22.0. The van der Waals surface area contributed by atoms with Crippen LogP contribution in [0.15, 0.2) is 17.4 Å². The molecule has 7 N–H and O–H groups in total. The number of nitrogens with zero attached hydrogens (tertiary/aromatic N) is 7. The Bertz CT molecular complexity index is 2220. The van der Waals surface area contributed by atoms with Crippen molar-refractivity contribution in [2.75, 3.05) is 24.7 Å². The summed E-state index contributed by atoms with van der Waals surface area (Å²) in [6.45, 7) is 7.96. The molecule has 3 saturated heterocycles. The number of rotatable bonds is 4. The predicted octanol–water partition coefficient (Wildman–Crippen LogP) is 2.32. The number of anilines is 2. The molecule has 3 aliphatic rings. The third kappa shape index (κ3) is 7.17. The standard InChI is InChI=1S/C26H36ClFN10O12P2Si/c1-26(2,3)53(4,5)50-16-11-7-45-51(40,41)48-15-10(46-22(12(15)28)37-8-31-13-18(29)33-24(27)34-19(13)37)6-44-52(42,43)49-17(16)23(47-11)38-9-32-14-20(38)35-25(30)36-21(14)39/h8-12,15-17,22-23H,6-7H2,1-5H3,(H,40,41)(H,42,43)(H2,29,33,34)(H3,30,35,36,39)/t10-,11-,12?,15?,16?,17?,22-,23-/m1/s1. The number of aromatic nitrogens is 8. The van der Waals surface area contributed by atoms with Crippen molar-refractivity contribution in [3.8, 4) is 0 Å². The van der Waals surface area contributed by atoms with E-state index < -0.39 is 96.9 Å². The molecule has 290 valence electrons. The summed E-state index contributed by atoms with van der Waals surface area (Å²) in [5, 5.41) is -0.700. The number of halogens is 2. The van der Waals surface area contributed by atoms with Crippen molar-refractivity contribution in [1.82, 2.24) is 39.0 Å². The van der Waals surface area contributed by atoms with Gasteiger partial charge in [0.2, 0.25) is 11.2 Å². The fourth-order valence-corrected chi connectivity index (χ4v) is 9.32. The second-order valence-electron chi connectivity index (χ2n) is 14.1. The Morgan fingerprint density at radius 3 is 2.17 bits per heavy atom. The molecule has 22 nitrogen and oxygen atoms in total. The number of fused-ring (bicyclic) bond motifs is 5. The van der Waals surface area contributed by atoms with Crippen molar-refractivity contribution in [3.63, 3.8) is 0 Å². The molecule has 7 rings (SSSR count). The monoisotopic (exact) mass is 824 g/mol. The van der Waals surface area contributed by atoms with Crippen molar-refractivity contribution >= 4 is 69.7 Å². The molecule has 10 atom stereocenters. The van der Waals surface area contributed by atoms with E-state index in [9.17, 15) is 23.7 Å². The Hall–Kier alpha value is -2.96. The Labute approximate surface area is 304 Å². The molecule has 0 amide bonds. The van der Waals surface area contributed by atoms with Gasteiger partial charge in [0.25, 0.3) is 5.56 Å². The number of nitrogen functional groups attached to an aromatic ring is 2. The number of phosphoric ester groups is 2. The molecule has 0 saturated carbocycles. The number of hydrogen-bond acceptors (Lipinski definition) is 17. The van der Waals surface area contributed by atoms with Crippen molar-refractivity contribution in [3.05, 3.63) is 28.3 Å². The second kappa shape index (κ2) is 13.4. The zero-order chi connectivity index (χ0) is 38.4. The van der Waals surface area contributed by atoms with Crippen molar-refractivity contribution in [2.24, 2.45) is 0 Å². The highest BCUT2D eigenvalue weighted by Gasteiger charge is 2.57. The summed E-state index contributed by atoms with van der Waals surface area (Å²) >= 11 is 5.96. The van der Waals surface area contributed by atoms with Crippen molar-refractivity contribution < 1.29 is 55.3 Å². The molecule has 2 bridgehead atoms. The number of nitrogens with one attached hydrogen (secondary N) is 1. The van der Waals surface area contributed by atoms with E-state index in [0.29, 0.717) is 0 Å². The summed E-state index contributed by atoms with van der Waals surface area (Å²) in [4.78, 5) is 57.3. The third-order valence-electron chi connectivity index (χ3n) is 9.52. The molecule has 7 heterocycles. The number of aromatic amines is 1. The van der Waals surface area contributed by atoms with Crippen molar-refractivity contribution in [1.29, 1.82) is 0 Å².